The van der Waals surface area contributed by atoms with Gasteiger partial charge in [-0.3, -0.25) is 0 Å². The summed E-state index contributed by atoms with van der Waals surface area (Å²) in [6, 6.07) is 0.467. The van der Waals surface area contributed by atoms with E-state index in [-0.39, 0.29) is 6.61 Å². The summed E-state index contributed by atoms with van der Waals surface area (Å²) in [6.07, 6.45) is 4.34. The molecule has 0 aromatic carbocycles. The Bertz CT molecular complexity index is 153. The molecule has 76 valence electrons. The summed E-state index contributed by atoms with van der Waals surface area (Å²) in [7, 11) is 0. The van der Waals surface area contributed by atoms with Crippen LogP contribution in [0.25, 0.3) is 0 Å². The quantitative estimate of drug-likeness (QED) is 0.530. The van der Waals surface area contributed by atoms with E-state index < -0.39 is 0 Å². The van der Waals surface area contributed by atoms with Gasteiger partial charge in [-0.1, -0.05) is 6.58 Å². The van der Waals surface area contributed by atoms with Crippen LogP contribution in [0.15, 0.2) is 12.3 Å². The van der Waals surface area contributed by atoms with E-state index >= 15 is 0 Å². The van der Waals surface area contributed by atoms with E-state index in [1.54, 1.807) is 0 Å². The molecule has 0 aromatic heterocycles. The van der Waals surface area contributed by atoms with Crippen LogP contribution in [0.1, 0.15) is 25.7 Å². The van der Waals surface area contributed by atoms with Crippen molar-refractivity contribution in [2.45, 2.75) is 31.7 Å². The zero-order valence-corrected chi connectivity index (χ0v) is 8.18. The van der Waals surface area contributed by atoms with Gasteiger partial charge in [0.25, 0.3) is 0 Å². The van der Waals surface area contributed by atoms with Crippen molar-refractivity contribution in [1.29, 1.82) is 0 Å². The van der Waals surface area contributed by atoms with Crippen molar-refractivity contribution in [3.8, 4) is 0 Å². The van der Waals surface area contributed by atoms with Gasteiger partial charge in [-0.05, 0) is 32.2 Å². The van der Waals surface area contributed by atoms with Gasteiger partial charge in [0, 0.05) is 24.9 Å². The van der Waals surface area contributed by atoms with Gasteiger partial charge in [-0.2, -0.15) is 0 Å². The first-order valence-electron chi connectivity index (χ1n) is 5.11. The molecule has 3 heteroatoms. The molecule has 1 heterocycles. The number of unbranched alkanes of at least 4 members (excludes halogenated alkanes) is 1. The molecule has 0 amide bonds. The van der Waals surface area contributed by atoms with Crippen molar-refractivity contribution in [1.82, 2.24) is 10.6 Å². The molecule has 1 aliphatic heterocycles. The lowest BCUT2D eigenvalue weighted by atomic mass is 10.2. The third-order valence-corrected chi connectivity index (χ3v) is 2.42. The first-order chi connectivity index (χ1) is 6.34. The summed E-state index contributed by atoms with van der Waals surface area (Å²) in [4.78, 5) is 0. The Morgan fingerprint density at radius 2 is 2.38 bits per heavy atom. The number of hydrogen-bond acceptors (Lipinski definition) is 3. The molecule has 3 nitrogen and oxygen atoms in total. The number of nitrogens with one attached hydrogen (secondary N) is 2. The molecule has 1 unspecified atom stereocenters. The van der Waals surface area contributed by atoms with Crippen LogP contribution in [-0.2, 0) is 0 Å². The Kier molecular flexibility index (Phi) is 4.86. The number of hydrogen-bond donors (Lipinski definition) is 3. The molecular weight excluding hydrogens is 164 g/mol. The monoisotopic (exact) mass is 184 g/mol. The van der Waals surface area contributed by atoms with Gasteiger partial charge >= 0.3 is 0 Å². The van der Waals surface area contributed by atoms with E-state index in [9.17, 15) is 0 Å². The highest BCUT2D eigenvalue weighted by molar-refractivity contribution is 5.05. The zero-order chi connectivity index (χ0) is 9.52. The third-order valence-electron chi connectivity index (χ3n) is 2.42. The molecule has 0 aromatic rings. The van der Waals surface area contributed by atoms with Crippen molar-refractivity contribution in [3.63, 3.8) is 0 Å². The van der Waals surface area contributed by atoms with Crippen LogP contribution in [0.4, 0.5) is 0 Å². The van der Waals surface area contributed by atoms with Crippen LogP contribution in [0, 0.1) is 0 Å². The fraction of sp³-hybridized carbons (Fsp3) is 0.800. The normalized spacial score (nSPS) is 21.8. The third kappa shape index (κ3) is 3.79. The lowest BCUT2D eigenvalue weighted by Crippen LogP contribution is -2.31. The summed E-state index contributed by atoms with van der Waals surface area (Å²) in [5.41, 5.74) is 1.11. The van der Waals surface area contributed by atoms with Gasteiger partial charge in [0.15, 0.2) is 0 Å². The van der Waals surface area contributed by atoms with E-state index in [2.05, 4.69) is 17.2 Å². The second-order valence-corrected chi connectivity index (χ2v) is 3.53. The Balaban J connectivity index is 2.03. The van der Waals surface area contributed by atoms with Gasteiger partial charge < -0.3 is 15.7 Å². The van der Waals surface area contributed by atoms with E-state index in [1.165, 1.54) is 12.8 Å². The van der Waals surface area contributed by atoms with Gasteiger partial charge in [-0.15, -0.1) is 0 Å². The molecule has 1 fully saturated rings. The molecule has 0 bridgehead atoms. The van der Waals surface area contributed by atoms with E-state index in [4.69, 9.17) is 5.11 Å². The molecule has 3 N–H and O–H groups in total. The van der Waals surface area contributed by atoms with Gasteiger partial charge in [0.2, 0.25) is 0 Å². The molecule has 13 heavy (non-hydrogen) atoms. The molecular formula is C10H20N2O. The number of rotatable bonds is 6. The second-order valence-electron chi connectivity index (χ2n) is 3.53. The molecule has 1 atom stereocenters. The summed E-state index contributed by atoms with van der Waals surface area (Å²) < 4.78 is 0. The Morgan fingerprint density at radius 3 is 3.00 bits per heavy atom. The van der Waals surface area contributed by atoms with Crippen LogP contribution in [-0.4, -0.2) is 30.8 Å². The lowest BCUT2D eigenvalue weighted by Gasteiger charge is -2.15. The van der Waals surface area contributed by atoms with Gasteiger partial charge in [-0.25, -0.2) is 0 Å². The maximum absolute atomic E-state index is 8.58. The fourth-order valence-corrected chi connectivity index (χ4v) is 1.59. The first-order valence-corrected chi connectivity index (χ1v) is 5.11. The molecule has 1 rings (SSSR count). The summed E-state index contributed by atoms with van der Waals surface area (Å²) >= 11 is 0. The maximum Gasteiger partial charge on any atom is 0.0463 e. The highest BCUT2D eigenvalue weighted by Crippen LogP contribution is 2.10. The van der Waals surface area contributed by atoms with E-state index in [0.717, 1.165) is 31.6 Å². The van der Waals surface area contributed by atoms with E-state index in [1.807, 2.05) is 0 Å². The molecule has 1 aliphatic rings. The minimum Gasteiger partial charge on any atom is -0.396 e. The predicted molar refractivity (Wildman–Crippen MR) is 54.5 cm³/mol. The minimum absolute atomic E-state index is 0.288. The van der Waals surface area contributed by atoms with Gasteiger partial charge in [0.1, 0.15) is 0 Å². The molecule has 0 spiro atoms. The van der Waals surface area contributed by atoms with Crippen LogP contribution < -0.4 is 10.6 Å². The SMILES string of the molecule is C=C(NCCCCO)C1CCCN1. The number of aliphatic hydroxyl groups excluding tert-OH is 1. The van der Waals surface area contributed by atoms with Crippen LogP contribution >= 0.6 is 0 Å². The number of aliphatic hydroxyl groups is 1. The van der Waals surface area contributed by atoms with Crippen LogP contribution in [0.5, 0.6) is 0 Å². The average molecular weight is 184 g/mol. The molecule has 0 radical (unpaired) electrons. The molecule has 0 saturated carbocycles. The Morgan fingerprint density at radius 1 is 1.54 bits per heavy atom. The molecule has 1 saturated heterocycles. The Hall–Kier alpha value is -0.540. The predicted octanol–water partition coefficient (Wildman–Crippen LogP) is 0.614. The summed E-state index contributed by atoms with van der Waals surface area (Å²) in [5.74, 6) is 0. The lowest BCUT2D eigenvalue weighted by molar-refractivity contribution is 0.284. The highest BCUT2D eigenvalue weighted by Gasteiger charge is 2.16. The maximum atomic E-state index is 8.58. The van der Waals surface area contributed by atoms with Crippen molar-refractivity contribution in [2.75, 3.05) is 19.7 Å². The highest BCUT2D eigenvalue weighted by atomic mass is 16.2. The van der Waals surface area contributed by atoms with Crippen molar-refractivity contribution < 1.29 is 5.11 Å². The Labute approximate surface area is 80.2 Å². The van der Waals surface area contributed by atoms with Crippen molar-refractivity contribution in [3.05, 3.63) is 12.3 Å². The van der Waals surface area contributed by atoms with Crippen LogP contribution in [0.2, 0.25) is 0 Å². The smallest absolute Gasteiger partial charge is 0.0463 e. The average Bonchev–Trinajstić information content (AvgIpc) is 2.65. The van der Waals surface area contributed by atoms with Crippen molar-refractivity contribution in [2.24, 2.45) is 0 Å². The largest absolute Gasteiger partial charge is 0.396 e. The summed E-state index contributed by atoms with van der Waals surface area (Å²) in [5, 5.41) is 15.3. The second kappa shape index (κ2) is 6.00. The van der Waals surface area contributed by atoms with Crippen molar-refractivity contribution >= 4 is 0 Å². The van der Waals surface area contributed by atoms with Crippen LogP contribution in [0.3, 0.4) is 0 Å². The zero-order valence-electron chi connectivity index (χ0n) is 8.18. The fourth-order valence-electron chi connectivity index (χ4n) is 1.59. The topological polar surface area (TPSA) is 44.3 Å². The molecule has 0 aliphatic carbocycles. The standard InChI is InChI=1S/C10H20N2O/c1-9(10-5-4-7-12-10)11-6-2-3-8-13/h10-13H,1-8H2. The van der Waals surface area contributed by atoms with Gasteiger partial charge in [0.05, 0.1) is 0 Å². The first kappa shape index (κ1) is 10.5. The van der Waals surface area contributed by atoms with E-state index in [0.29, 0.717) is 6.04 Å². The summed E-state index contributed by atoms with van der Waals surface area (Å²) in [6.45, 7) is 6.33. The minimum atomic E-state index is 0.288.